The Labute approximate surface area is 95.7 Å². The zero-order chi connectivity index (χ0) is 12.2. The Hall–Kier alpha value is -0.950. The molecule has 0 bridgehead atoms. The van der Waals surface area contributed by atoms with E-state index in [0.29, 0.717) is 6.42 Å². The molecule has 0 fully saturated rings. The molecule has 0 saturated carbocycles. The second-order valence-corrected chi connectivity index (χ2v) is 5.27. The number of sulfonamides is 1. The Kier molecular flexibility index (Phi) is 4.43. The number of hydrazine groups is 1. The van der Waals surface area contributed by atoms with Gasteiger partial charge in [-0.3, -0.25) is 0 Å². The van der Waals surface area contributed by atoms with Gasteiger partial charge in [0.15, 0.2) is 0 Å². The minimum absolute atomic E-state index is 0.0576. The Bertz CT molecular complexity index is 426. The summed E-state index contributed by atoms with van der Waals surface area (Å²) in [5, 5.41) is 10.1. The van der Waals surface area contributed by atoms with Gasteiger partial charge in [-0.2, -0.15) is 0 Å². The van der Waals surface area contributed by atoms with Crippen LogP contribution >= 0.6 is 0 Å². The summed E-state index contributed by atoms with van der Waals surface area (Å²) in [5.74, 6) is 0. The van der Waals surface area contributed by atoms with E-state index in [1.165, 1.54) is 17.1 Å². The zero-order valence-corrected chi connectivity index (χ0v) is 10.2. The molecule has 0 saturated heterocycles. The molecule has 0 aliphatic carbocycles. The highest BCUT2D eigenvalue weighted by Gasteiger charge is 2.13. The molecule has 0 radical (unpaired) electrons. The van der Waals surface area contributed by atoms with Crippen molar-refractivity contribution in [3.05, 3.63) is 29.8 Å². The van der Waals surface area contributed by atoms with Crippen LogP contribution in [0.2, 0.25) is 0 Å². The summed E-state index contributed by atoms with van der Waals surface area (Å²) >= 11 is 0. The minimum atomic E-state index is -3.48. The van der Waals surface area contributed by atoms with Gasteiger partial charge in [0.05, 0.1) is 4.90 Å². The molecule has 0 aliphatic rings. The molecule has 2 N–H and O–H groups in total. The van der Waals surface area contributed by atoms with Gasteiger partial charge >= 0.3 is 0 Å². The van der Waals surface area contributed by atoms with E-state index in [2.05, 4.69) is 4.83 Å². The van der Waals surface area contributed by atoms with Crippen molar-refractivity contribution in [2.24, 2.45) is 0 Å². The molecule has 5 nitrogen and oxygen atoms in total. The number of aliphatic hydroxyl groups excluding tert-OH is 1. The van der Waals surface area contributed by atoms with Gasteiger partial charge in [-0.05, 0) is 24.1 Å². The Balaban J connectivity index is 2.89. The third-order valence-corrected chi connectivity index (χ3v) is 3.44. The normalized spacial score (nSPS) is 12.0. The standard InChI is InChI=1S/C10H16N2O3S/c1-12(2)11-16(14,15)10-5-3-9(4-6-10)7-8-13/h3-6,11,13H,7-8H2,1-2H3. The third kappa shape index (κ3) is 3.57. The molecule has 16 heavy (non-hydrogen) atoms. The lowest BCUT2D eigenvalue weighted by Gasteiger charge is -2.12. The van der Waals surface area contributed by atoms with Crippen LogP contribution in [0.15, 0.2) is 29.2 Å². The molecule has 0 aromatic heterocycles. The first-order valence-corrected chi connectivity index (χ1v) is 6.33. The minimum Gasteiger partial charge on any atom is -0.396 e. The Morgan fingerprint density at radius 1 is 1.25 bits per heavy atom. The number of benzene rings is 1. The number of nitrogens with zero attached hydrogens (tertiary/aromatic N) is 1. The predicted octanol–water partition coefficient (Wildman–Crippen LogP) is -0.0237. The van der Waals surface area contributed by atoms with Crippen molar-refractivity contribution in [1.29, 1.82) is 0 Å². The van der Waals surface area contributed by atoms with Gasteiger partial charge in [0.25, 0.3) is 10.0 Å². The molecular weight excluding hydrogens is 228 g/mol. The highest BCUT2D eigenvalue weighted by atomic mass is 32.2. The third-order valence-electron chi connectivity index (χ3n) is 1.94. The van der Waals surface area contributed by atoms with Crippen molar-refractivity contribution in [2.75, 3.05) is 20.7 Å². The lowest BCUT2D eigenvalue weighted by molar-refractivity contribution is 0.299. The first kappa shape index (κ1) is 13.1. The summed E-state index contributed by atoms with van der Waals surface area (Å²) in [7, 11) is -0.260. The number of aliphatic hydroxyl groups is 1. The van der Waals surface area contributed by atoms with E-state index < -0.39 is 10.0 Å². The lowest BCUT2D eigenvalue weighted by Crippen LogP contribution is -2.36. The topological polar surface area (TPSA) is 69.6 Å². The molecule has 90 valence electrons. The van der Waals surface area contributed by atoms with Crippen molar-refractivity contribution < 1.29 is 13.5 Å². The van der Waals surface area contributed by atoms with E-state index in [9.17, 15) is 8.42 Å². The van der Waals surface area contributed by atoms with Gasteiger partial charge in [-0.25, -0.2) is 13.4 Å². The van der Waals surface area contributed by atoms with Gasteiger partial charge in [0, 0.05) is 20.7 Å². The average molecular weight is 244 g/mol. The fraction of sp³-hybridized carbons (Fsp3) is 0.400. The number of nitrogens with one attached hydrogen (secondary N) is 1. The van der Waals surface area contributed by atoms with Crippen LogP contribution in [0.4, 0.5) is 0 Å². The fourth-order valence-electron chi connectivity index (χ4n) is 1.26. The molecule has 0 unspecified atom stereocenters. The number of rotatable bonds is 5. The highest BCUT2D eigenvalue weighted by Crippen LogP contribution is 2.10. The van der Waals surface area contributed by atoms with Crippen molar-refractivity contribution in [3.63, 3.8) is 0 Å². The second kappa shape index (κ2) is 5.40. The maximum Gasteiger partial charge on any atom is 0.253 e. The highest BCUT2D eigenvalue weighted by molar-refractivity contribution is 7.89. The van der Waals surface area contributed by atoms with E-state index >= 15 is 0 Å². The van der Waals surface area contributed by atoms with Crippen molar-refractivity contribution in [3.8, 4) is 0 Å². The van der Waals surface area contributed by atoms with Crippen LogP contribution in [0.1, 0.15) is 5.56 Å². The molecule has 1 aromatic rings. The van der Waals surface area contributed by atoms with Gasteiger partial charge in [0.2, 0.25) is 0 Å². The summed E-state index contributed by atoms with van der Waals surface area (Å²) in [6.07, 6.45) is 0.529. The predicted molar refractivity (Wildman–Crippen MR) is 61.2 cm³/mol. The molecule has 0 amide bonds. The molecule has 1 rings (SSSR count). The molecule has 0 spiro atoms. The monoisotopic (exact) mass is 244 g/mol. The van der Waals surface area contributed by atoms with Gasteiger partial charge < -0.3 is 5.11 Å². The van der Waals surface area contributed by atoms with E-state index in [1.54, 1.807) is 26.2 Å². The molecule has 0 aliphatic heterocycles. The fourth-order valence-corrected chi connectivity index (χ4v) is 2.34. The summed E-state index contributed by atoms with van der Waals surface area (Å²) in [5.41, 5.74) is 0.909. The molecule has 6 heteroatoms. The first-order valence-electron chi connectivity index (χ1n) is 4.85. The van der Waals surface area contributed by atoms with Gasteiger partial charge in [-0.15, -0.1) is 4.83 Å². The van der Waals surface area contributed by atoms with Crippen LogP contribution in [0.3, 0.4) is 0 Å². The average Bonchev–Trinajstić information content (AvgIpc) is 2.17. The maximum absolute atomic E-state index is 11.7. The van der Waals surface area contributed by atoms with E-state index in [1.807, 2.05) is 0 Å². The Morgan fingerprint density at radius 3 is 2.25 bits per heavy atom. The smallest absolute Gasteiger partial charge is 0.253 e. The van der Waals surface area contributed by atoms with Crippen LogP contribution in [0.5, 0.6) is 0 Å². The molecular formula is C10H16N2O3S. The zero-order valence-electron chi connectivity index (χ0n) is 9.34. The summed E-state index contributed by atoms with van der Waals surface area (Å²) in [6, 6.07) is 6.44. The van der Waals surface area contributed by atoms with Crippen LogP contribution in [0, 0.1) is 0 Å². The maximum atomic E-state index is 11.7. The quantitative estimate of drug-likeness (QED) is 0.714. The van der Waals surface area contributed by atoms with Crippen LogP contribution in [-0.4, -0.2) is 39.2 Å². The first-order chi connectivity index (χ1) is 7.45. The number of hydrogen-bond acceptors (Lipinski definition) is 4. The van der Waals surface area contributed by atoms with Crippen LogP contribution < -0.4 is 4.83 Å². The van der Waals surface area contributed by atoms with Gasteiger partial charge in [-0.1, -0.05) is 12.1 Å². The number of hydrogen-bond donors (Lipinski definition) is 2. The van der Waals surface area contributed by atoms with E-state index in [4.69, 9.17) is 5.11 Å². The Morgan fingerprint density at radius 2 is 1.81 bits per heavy atom. The van der Waals surface area contributed by atoms with Crippen molar-refractivity contribution >= 4 is 10.0 Å². The van der Waals surface area contributed by atoms with Crippen LogP contribution in [0.25, 0.3) is 0 Å². The van der Waals surface area contributed by atoms with Crippen LogP contribution in [-0.2, 0) is 16.4 Å². The SMILES string of the molecule is CN(C)NS(=O)(=O)c1ccc(CCO)cc1. The summed E-state index contributed by atoms with van der Waals surface area (Å²) < 4.78 is 23.4. The summed E-state index contributed by atoms with van der Waals surface area (Å²) in [4.78, 5) is 2.55. The summed E-state index contributed by atoms with van der Waals surface area (Å²) in [6.45, 7) is 0.0576. The lowest BCUT2D eigenvalue weighted by atomic mass is 10.2. The largest absolute Gasteiger partial charge is 0.396 e. The van der Waals surface area contributed by atoms with Crippen molar-refractivity contribution in [1.82, 2.24) is 9.84 Å². The van der Waals surface area contributed by atoms with Gasteiger partial charge in [0.1, 0.15) is 0 Å². The molecule has 0 heterocycles. The second-order valence-electron chi connectivity index (χ2n) is 3.61. The van der Waals surface area contributed by atoms with Crippen molar-refractivity contribution in [2.45, 2.75) is 11.3 Å². The van der Waals surface area contributed by atoms with E-state index in [-0.39, 0.29) is 11.5 Å². The molecule has 1 aromatic carbocycles. The molecule has 0 atom stereocenters. The van der Waals surface area contributed by atoms with E-state index in [0.717, 1.165) is 5.56 Å².